The van der Waals surface area contributed by atoms with Gasteiger partial charge in [0.05, 0.1) is 5.69 Å². The normalized spacial score (nSPS) is 24.6. The second-order valence-corrected chi connectivity index (χ2v) is 6.47. The Bertz CT molecular complexity index is 615. The first-order valence-electron chi connectivity index (χ1n) is 8.17. The SMILES string of the molecule is Cc1ccc(N2CCCC2)cc1N1C(=O)C2CCCN2C1=O. The summed E-state index contributed by atoms with van der Waals surface area (Å²) in [4.78, 5) is 30.7. The fourth-order valence-electron chi connectivity index (χ4n) is 3.86. The number of rotatable bonds is 2. The number of hydrogen-bond donors (Lipinski definition) is 0. The second kappa shape index (κ2) is 5.00. The molecular weight excluding hydrogens is 278 g/mol. The van der Waals surface area contributed by atoms with Gasteiger partial charge < -0.3 is 9.80 Å². The molecule has 3 amide bonds. The number of nitrogens with zero attached hydrogens (tertiary/aromatic N) is 3. The summed E-state index contributed by atoms with van der Waals surface area (Å²) in [7, 11) is 0. The van der Waals surface area contributed by atoms with Crippen LogP contribution in [0.5, 0.6) is 0 Å². The molecule has 0 N–H and O–H groups in total. The van der Waals surface area contributed by atoms with E-state index in [1.54, 1.807) is 4.90 Å². The minimum atomic E-state index is -0.234. The van der Waals surface area contributed by atoms with Crippen LogP contribution in [0, 0.1) is 6.92 Å². The number of benzene rings is 1. The van der Waals surface area contributed by atoms with Crippen LogP contribution < -0.4 is 9.80 Å². The molecule has 1 atom stereocenters. The molecule has 0 aromatic heterocycles. The van der Waals surface area contributed by atoms with Crippen LogP contribution in [0.2, 0.25) is 0 Å². The molecule has 0 saturated carbocycles. The van der Waals surface area contributed by atoms with Gasteiger partial charge in [0.1, 0.15) is 6.04 Å². The van der Waals surface area contributed by atoms with Crippen LogP contribution in [0.4, 0.5) is 16.2 Å². The highest BCUT2D eigenvalue weighted by atomic mass is 16.2. The van der Waals surface area contributed by atoms with E-state index in [0.717, 1.165) is 42.9 Å². The third-order valence-electron chi connectivity index (χ3n) is 5.10. The third-order valence-corrected chi connectivity index (χ3v) is 5.10. The van der Waals surface area contributed by atoms with Crippen molar-refractivity contribution in [3.63, 3.8) is 0 Å². The van der Waals surface area contributed by atoms with Crippen molar-refractivity contribution in [1.82, 2.24) is 4.90 Å². The van der Waals surface area contributed by atoms with Crippen molar-refractivity contribution >= 4 is 23.3 Å². The number of amides is 3. The number of aryl methyl sites for hydroxylation is 1. The largest absolute Gasteiger partial charge is 0.371 e. The molecule has 5 heteroatoms. The minimum Gasteiger partial charge on any atom is -0.371 e. The first-order chi connectivity index (χ1) is 10.7. The van der Waals surface area contributed by atoms with Crippen molar-refractivity contribution in [1.29, 1.82) is 0 Å². The van der Waals surface area contributed by atoms with Crippen molar-refractivity contribution in [3.8, 4) is 0 Å². The van der Waals surface area contributed by atoms with Crippen LogP contribution in [0.15, 0.2) is 18.2 Å². The summed E-state index contributed by atoms with van der Waals surface area (Å²) in [5.74, 6) is -0.0517. The summed E-state index contributed by atoms with van der Waals surface area (Å²) < 4.78 is 0. The fraction of sp³-hybridized carbons (Fsp3) is 0.529. The van der Waals surface area contributed by atoms with E-state index >= 15 is 0 Å². The molecule has 3 aliphatic heterocycles. The summed E-state index contributed by atoms with van der Waals surface area (Å²) >= 11 is 0. The third kappa shape index (κ3) is 1.91. The maximum Gasteiger partial charge on any atom is 0.332 e. The Morgan fingerprint density at radius 1 is 1.05 bits per heavy atom. The molecule has 4 rings (SSSR count). The summed E-state index contributed by atoms with van der Waals surface area (Å²) in [5, 5.41) is 0. The number of anilines is 2. The van der Waals surface area contributed by atoms with Gasteiger partial charge in [0.2, 0.25) is 0 Å². The van der Waals surface area contributed by atoms with Crippen LogP contribution in [0.25, 0.3) is 0 Å². The Morgan fingerprint density at radius 2 is 1.82 bits per heavy atom. The van der Waals surface area contributed by atoms with Crippen molar-refractivity contribution in [2.24, 2.45) is 0 Å². The number of hydrogen-bond acceptors (Lipinski definition) is 3. The molecule has 0 radical (unpaired) electrons. The maximum absolute atomic E-state index is 12.6. The molecular formula is C17H21N3O2. The zero-order valence-electron chi connectivity index (χ0n) is 12.9. The predicted molar refractivity (Wildman–Crippen MR) is 85.2 cm³/mol. The lowest BCUT2D eigenvalue weighted by atomic mass is 10.1. The quantitative estimate of drug-likeness (QED) is 0.788. The Morgan fingerprint density at radius 3 is 2.55 bits per heavy atom. The molecule has 0 bridgehead atoms. The molecule has 5 nitrogen and oxygen atoms in total. The minimum absolute atomic E-state index is 0.0517. The van der Waals surface area contributed by atoms with E-state index in [4.69, 9.17) is 0 Å². The van der Waals surface area contributed by atoms with E-state index in [-0.39, 0.29) is 18.0 Å². The molecule has 3 heterocycles. The van der Waals surface area contributed by atoms with Gasteiger partial charge in [-0.05, 0) is 50.3 Å². The zero-order chi connectivity index (χ0) is 15.3. The summed E-state index contributed by atoms with van der Waals surface area (Å²) in [5.41, 5.74) is 2.85. The molecule has 3 saturated heterocycles. The first-order valence-corrected chi connectivity index (χ1v) is 8.17. The second-order valence-electron chi connectivity index (χ2n) is 6.47. The average Bonchev–Trinajstić information content (AvgIpc) is 3.23. The van der Waals surface area contributed by atoms with Gasteiger partial charge in [-0.1, -0.05) is 6.07 Å². The summed E-state index contributed by atoms with van der Waals surface area (Å²) in [6.45, 7) is 4.78. The fourth-order valence-corrected chi connectivity index (χ4v) is 3.86. The topological polar surface area (TPSA) is 43.9 Å². The van der Waals surface area contributed by atoms with Crippen molar-refractivity contribution in [3.05, 3.63) is 23.8 Å². The number of fused-ring (bicyclic) bond motifs is 1. The van der Waals surface area contributed by atoms with Gasteiger partial charge in [-0.25, -0.2) is 9.69 Å². The molecule has 3 fully saturated rings. The number of urea groups is 1. The lowest BCUT2D eigenvalue weighted by molar-refractivity contribution is -0.119. The Kier molecular flexibility index (Phi) is 3.10. The van der Waals surface area contributed by atoms with Crippen LogP contribution in [-0.2, 0) is 4.79 Å². The van der Waals surface area contributed by atoms with Crippen molar-refractivity contribution in [2.45, 2.75) is 38.6 Å². The van der Waals surface area contributed by atoms with E-state index in [1.807, 2.05) is 19.1 Å². The van der Waals surface area contributed by atoms with E-state index in [2.05, 4.69) is 11.0 Å². The van der Waals surface area contributed by atoms with Crippen molar-refractivity contribution < 1.29 is 9.59 Å². The van der Waals surface area contributed by atoms with E-state index < -0.39 is 0 Å². The van der Waals surface area contributed by atoms with Gasteiger partial charge >= 0.3 is 6.03 Å². The highest BCUT2D eigenvalue weighted by Gasteiger charge is 2.48. The van der Waals surface area contributed by atoms with Crippen LogP contribution >= 0.6 is 0 Å². The van der Waals surface area contributed by atoms with Gasteiger partial charge in [0, 0.05) is 25.3 Å². The van der Waals surface area contributed by atoms with Crippen LogP contribution in [0.1, 0.15) is 31.2 Å². The van der Waals surface area contributed by atoms with Gasteiger partial charge in [-0.2, -0.15) is 0 Å². The predicted octanol–water partition coefficient (Wildman–Crippen LogP) is 2.53. The average molecular weight is 299 g/mol. The van der Waals surface area contributed by atoms with Gasteiger partial charge in [-0.15, -0.1) is 0 Å². The molecule has 0 aliphatic carbocycles. The van der Waals surface area contributed by atoms with Gasteiger partial charge in [0.15, 0.2) is 0 Å². The standard InChI is InChI=1S/C17H21N3O2/c1-12-6-7-13(18-8-2-3-9-18)11-15(12)20-16(21)14-5-4-10-19(14)17(20)22/h6-7,11,14H,2-5,8-10H2,1H3. The smallest absolute Gasteiger partial charge is 0.332 e. The zero-order valence-corrected chi connectivity index (χ0v) is 12.9. The van der Waals surface area contributed by atoms with Gasteiger partial charge in [-0.3, -0.25) is 4.79 Å². The molecule has 3 aliphatic rings. The van der Waals surface area contributed by atoms with E-state index in [0.29, 0.717) is 6.54 Å². The first kappa shape index (κ1) is 13.6. The van der Waals surface area contributed by atoms with E-state index in [1.165, 1.54) is 17.7 Å². The molecule has 0 spiro atoms. The van der Waals surface area contributed by atoms with E-state index in [9.17, 15) is 9.59 Å². The molecule has 1 unspecified atom stereocenters. The Hall–Kier alpha value is -2.04. The van der Waals surface area contributed by atoms with Crippen LogP contribution in [-0.4, -0.2) is 42.5 Å². The number of imide groups is 1. The van der Waals surface area contributed by atoms with Crippen molar-refractivity contribution in [2.75, 3.05) is 29.4 Å². The summed E-state index contributed by atoms with van der Waals surface area (Å²) in [6, 6.07) is 5.75. The lowest BCUT2D eigenvalue weighted by Crippen LogP contribution is -2.33. The van der Waals surface area contributed by atoms with Gasteiger partial charge in [0.25, 0.3) is 5.91 Å². The monoisotopic (exact) mass is 299 g/mol. The molecule has 22 heavy (non-hydrogen) atoms. The summed E-state index contributed by atoms with van der Waals surface area (Å²) in [6.07, 6.45) is 4.15. The maximum atomic E-state index is 12.6. The number of carbonyl (C=O) groups excluding carboxylic acids is 2. The molecule has 1 aromatic carbocycles. The lowest BCUT2D eigenvalue weighted by Gasteiger charge is -2.22. The highest BCUT2D eigenvalue weighted by molar-refractivity contribution is 6.22. The number of carbonyl (C=O) groups is 2. The Labute approximate surface area is 130 Å². The van der Waals surface area contributed by atoms with Crippen LogP contribution in [0.3, 0.4) is 0 Å². The molecule has 1 aromatic rings. The Balaban J connectivity index is 1.71. The highest BCUT2D eigenvalue weighted by Crippen LogP contribution is 2.35. The molecule has 116 valence electrons.